The van der Waals surface area contributed by atoms with Crippen molar-refractivity contribution in [2.24, 2.45) is 0 Å². The van der Waals surface area contributed by atoms with Crippen LogP contribution in [-0.4, -0.2) is 40.0 Å². The minimum Gasteiger partial charge on any atom is -0.445 e. The fraction of sp³-hybridized carbons (Fsp3) is 0.250. The number of hydroxylamine groups is 2. The second kappa shape index (κ2) is 9.45. The highest BCUT2D eigenvalue weighted by molar-refractivity contribution is 6.01. The van der Waals surface area contributed by atoms with Crippen molar-refractivity contribution in [2.45, 2.75) is 31.9 Å². The molecule has 2 aromatic rings. The molecule has 0 saturated carbocycles. The number of ether oxygens (including phenoxy) is 1. The Morgan fingerprint density at radius 3 is 2.31 bits per heavy atom. The third kappa shape index (κ3) is 5.61. The number of benzene rings is 1. The fourth-order valence-electron chi connectivity index (χ4n) is 2.67. The standard InChI is InChI=1S/C20H19N3O6/c24-17-6-7-18(25)23(17)29-19(26)16(12-14-8-10-21-11-9-14)22-20(27)28-13-15-4-2-1-3-5-15/h1-5,8-11,16H,6-7,12-13H2,(H,22,27). The van der Waals surface area contributed by atoms with Gasteiger partial charge >= 0.3 is 12.1 Å². The van der Waals surface area contributed by atoms with E-state index in [1.807, 2.05) is 18.2 Å². The molecule has 1 fully saturated rings. The van der Waals surface area contributed by atoms with Crippen molar-refractivity contribution >= 4 is 23.9 Å². The maximum absolute atomic E-state index is 12.6. The molecule has 3 rings (SSSR count). The Kier molecular flexibility index (Phi) is 6.51. The quantitative estimate of drug-likeness (QED) is 0.705. The summed E-state index contributed by atoms with van der Waals surface area (Å²) in [6.07, 6.45) is 2.28. The van der Waals surface area contributed by atoms with E-state index in [1.54, 1.807) is 36.7 Å². The normalized spacial score (nSPS) is 14.4. The van der Waals surface area contributed by atoms with Crippen LogP contribution < -0.4 is 5.32 Å². The van der Waals surface area contributed by atoms with Gasteiger partial charge in [-0.1, -0.05) is 30.3 Å². The first-order valence-corrected chi connectivity index (χ1v) is 8.96. The van der Waals surface area contributed by atoms with E-state index >= 15 is 0 Å². The number of hydrogen-bond acceptors (Lipinski definition) is 7. The summed E-state index contributed by atoms with van der Waals surface area (Å²) in [5.74, 6) is -2.14. The molecule has 3 amide bonds. The number of imide groups is 1. The molecule has 0 radical (unpaired) electrons. The molecule has 29 heavy (non-hydrogen) atoms. The molecule has 9 nitrogen and oxygen atoms in total. The van der Waals surface area contributed by atoms with Crippen molar-refractivity contribution in [3.8, 4) is 0 Å². The van der Waals surface area contributed by atoms with E-state index in [0.717, 1.165) is 5.56 Å². The van der Waals surface area contributed by atoms with Gasteiger partial charge in [-0.05, 0) is 23.3 Å². The zero-order valence-corrected chi connectivity index (χ0v) is 15.4. The minimum atomic E-state index is -1.16. The average Bonchev–Trinajstić information content (AvgIpc) is 3.05. The Balaban J connectivity index is 1.65. The monoisotopic (exact) mass is 397 g/mol. The number of nitrogens with one attached hydrogen (secondary N) is 1. The number of amides is 3. The van der Waals surface area contributed by atoms with Crippen LogP contribution in [-0.2, 0) is 37.0 Å². The van der Waals surface area contributed by atoms with Gasteiger partial charge in [-0.2, -0.15) is 0 Å². The molecule has 1 atom stereocenters. The van der Waals surface area contributed by atoms with Gasteiger partial charge in [-0.25, -0.2) is 9.59 Å². The van der Waals surface area contributed by atoms with E-state index < -0.39 is 29.9 Å². The number of aromatic nitrogens is 1. The van der Waals surface area contributed by atoms with Crippen LogP contribution in [0.4, 0.5) is 4.79 Å². The van der Waals surface area contributed by atoms with Crippen LogP contribution in [0.2, 0.25) is 0 Å². The number of carbonyl (C=O) groups is 4. The zero-order valence-electron chi connectivity index (χ0n) is 15.4. The summed E-state index contributed by atoms with van der Waals surface area (Å²) < 4.78 is 5.14. The lowest BCUT2D eigenvalue weighted by molar-refractivity contribution is -0.198. The van der Waals surface area contributed by atoms with Gasteiger partial charge in [0, 0.05) is 31.7 Å². The average molecular weight is 397 g/mol. The van der Waals surface area contributed by atoms with Crippen molar-refractivity contribution < 1.29 is 28.8 Å². The zero-order chi connectivity index (χ0) is 20.6. The highest BCUT2D eigenvalue weighted by Crippen LogP contribution is 2.14. The highest BCUT2D eigenvalue weighted by Gasteiger charge is 2.35. The molecule has 1 unspecified atom stereocenters. The highest BCUT2D eigenvalue weighted by atomic mass is 16.7. The van der Waals surface area contributed by atoms with Gasteiger partial charge in [0.2, 0.25) is 0 Å². The molecule has 0 aliphatic carbocycles. The lowest BCUT2D eigenvalue weighted by atomic mass is 10.1. The maximum atomic E-state index is 12.6. The van der Waals surface area contributed by atoms with Crippen LogP contribution in [0.1, 0.15) is 24.0 Å². The molecule has 9 heteroatoms. The summed E-state index contributed by atoms with van der Waals surface area (Å²) in [5.41, 5.74) is 1.48. The molecule has 1 N–H and O–H groups in total. The lowest BCUT2D eigenvalue weighted by Gasteiger charge is -2.20. The van der Waals surface area contributed by atoms with Crippen LogP contribution >= 0.6 is 0 Å². The van der Waals surface area contributed by atoms with E-state index in [9.17, 15) is 19.2 Å². The van der Waals surface area contributed by atoms with Crippen molar-refractivity contribution in [1.82, 2.24) is 15.4 Å². The third-order valence-corrected chi connectivity index (χ3v) is 4.17. The predicted octanol–water partition coefficient (Wildman–Crippen LogP) is 1.53. The predicted molar refractivity (Wildman–Crippen MR) is 98.7 cm³/mol. The van der Waals surface area contributed by atoms with Crippen LogP contribution in [0, 0.1) is 0 Å². The van der Waals surface area contributed by atoms with Gasteiger partial charge in [0.1, 0.15) is 12.6 Å². The van der Waals surface area contributed by atoms with Crippen LogP contribution in [0.5, 0.6) is 0 Å². The first-order chi connectivity index (χ1) is 14.0. The van der Waals surface area contributed by atoms with E-state index in [2.05, 4.69) is 10.3 Å². The van der Waals surface area contributed by atoms with Gasteiger partial charge in [0.15, 0.2) is 0 Å². The van der Waals surface area contributed by atoms with E-state index in [4.69, 9.17) is 9.57 Å². The summed E-state index contributed by atoms with van der Waals surface area (Å²) in [4.78, 5) is 57.0. The number of nitrogens with zero attached hydrogens (tertiary/aromatic N) is 2. The van der Waals surface area contributed by atoms with Crippen LogP contribution in [0.25, 0.3) is 0 Å². The molecular weight excluding hydrogens is 378 g/mol. The Bertz CT molecular complexity index is 872. The molecule has 0 spiro atoms. The Morgan fingerprint density at radius 1 is 1.00 bits per heavy atom. The summed E-state index contributed by atoms with van der Waals surface area (Å²) in [5, 5.41) is 2.88. The van der Waals surface area contributed by atoms with Gasteiger partial charge in [0.05, 0.1) is 0 Å². The van der Waals surface area contributed by atoms with Crippen molar-refractivity contribution in [2.75, 3.05) is 0 Å². The van der Waals surface area contributed by atoms with Crippen molar-refractivity contribution in [1.29, 1.82) is 0 Å². The third-order valence-electron chi connectivity index (χ3n) is 4.17. The second-order valence-corrected chi connectivity index (χ2v) is 6.31. The second-order valence-electron chi connectivity index (χ2n) is 6.31. The molecule has 1 saturated heterocycles. The molecule has 2 heterocycles. The first-order valence-electron chi connectivity index (χ1n) is 8.96. The van der Waals surface area contributed by atoms with E-state index in [-0.39, 0.29) is 25.9 Å². The minimum absolute atomic E-state index is 0.0202. The number of rotatable bonds is 7. The molecule has 1 aliphatic rings. The van der Waals surface area contributed by atoms with Crippen LogP contribution in [0.15, 0.2) is 54.9 Å². The van der Waals surface area contributed by atoms with Gasteiger partial charge in [-0.3, -0.25) is 14.6 Å². The van der Waals surface area contributed by atoms with Crippen molar-refractivity contribution in [3.05, 3.63) is 66.0 Å². The van der Waals surface area contributed by atoms with Crippen LogP contribution in [0.3, 0.4) is 0 Å². The maximum Gasteiger partial charge on any atom is 0.408 e. The Morgan fingerprint density at radius 2 is 1.66 bits per heavy atom. The number of carbonyl (C=O) groups excluding carboxylic acids is 4. The van der Waals surface area contributed by atoms with E-state index in [1.165, 1.54) is 0 Å². The van der Waals surface area contributed by atoms with Crippen molar-refractivity contribution in [3.63, 3.8) is 0 Å². The molecule has 150 valence electrons. The number of pyridine rings is 1. The lowest BCUT2D eigenvalue weighted by Crippen LogP contribution is -2.46. The van der Waals surface area contributed by atoms with E-state index in [0.29, 0.717) is 10.6 Å². The van der Waals surface area contributed by atoms with Gasteiger partial charge < -0.3 is 14.9 Å². The topological polar surface area (TPSA) is 115 Å². The first kappa shape index (κ1) is 20.0. The molecule has 0 bridgehead atoms. The number of alkyl carbamates (subject to hydrolysis) is 1. The molecule has 1 aromatic carbocycles. The van der Waals surface area contributed by atoms with Gasteiger partial charge in [-0.15, -0.1) is 5.06 Å². The molecular formula is C20H19N3O6. The summed E-state index contributed by atoms with van der Waals surface area (Å²) >= 11 is 0. The van der Waals surface area contributed by atoms with Gasteiger partial charge in [0.25, 0.3) is 11.8 Å². The summed E-state index contributed by atoms with van der Waals surface area (Å²) in [7, 11) is 0. The molecule has 1 aliphatic heterocycles. The molecule has 1 aromatic heterocycles. The fourth-order valence-corrected chi connectivity index (χ4v) is 2.67. The largest absolute Gasteiger partial charge is 0.445 e. The summed E-state index contributed by atoms with van der Waals surface area (Å²) in [6, 6.07) is 11.2. The number of hydrogen-bond donors (Lipinski definition) is 1. The Labute approximate surface area is 166 Å². The Hall–Kier alpha value is -3.75. The summed E-state index contributed by atoms with van der Waals surface area (Å²) in [6.45, 7) is 0.0206. The SMILES string of the molecule is O=C(NC(Cc1ccncc1)C(=O)ON1C(=O)CCC1=O)OCc1ccccc1. The smallest absolute Gasteiger partial charge is 0.408 e.